The van der Waals surface area contributed by atoms with Gasteiger partial charge in [-0.15, -0.1) is 0 Å². The molecule has 2 atom stereocenters. The predicted octanol–water partition coefficient (Wildman–Crippen LogP) is 3.53. The minimum absolute atomic E-state index is 0.0981. The Morgan fingerprint density at radius 3 is 2.52 bits per heavy atom. The van der Waals surface area contributed by atoms with Gasteiger partial charge in [-0.3, -0.25) is 10.1 Å². The zero-order valence-corrected chi connectivity index (χ0v) is 13.6. The van der Waals surface area contributed by atoms with E-state index in [0.717, 1.165) is 12.8 Å². The van der Waals surface area contributed by atoms with Crippen LogP contribution in [0.4, 0.5) is 0 Å². The van der Waals surface area contributed by atoms with E-state index >= 15 is 0 Å². The van der Waals surface area contributed by atoms with Crippen molar-refractivity contribution in [2.75, 3.05) is 6.61 Å². The van der Waals surface area contributed by atoms with Crippen LogP contribution in [0.15, 0.2) is 30.3 Å². The first kappa shape index (κ1) is 16.0. The first-order valence-electron chi connectivity index (χ1n) is 7.86. The maximum absolute atomic E-state index is 12.6. The fourth-order valence-electron chi connectivity index (χ4n) is 3.70. The highest BCUT2D eigenvalue weighted by molar-refractivity contribution is 5.82. The van der Waals surface area contributed by atoms with Gasteiger partial charge in [-0.1, -0.05) is 51.1 Å². The second-order valence-corrected chi connectivity index (χ2v) is 6.98. The third-order valence-electron chi connectivity index (χ3n) is 4.55. The number of rotatable bonds is 5. The Bertz CT molecular complexity index is 483. The van der Waals surface area contributed by atoms with Crippen LogP contribution < -0.4 is 5.32 Å². The third-order valence-corrected chi connectivity index (χ3v) is 4.55. The van der Waals surface area contributed by atoms with E-state index in [-0.39, 0.29) is 17.3 Å². The standard InChI is InChI=1S/C18H27NO2/c1-5-21-16(20)18(13-17(3,4)11-14(18)2)19-12-15-9-7-6-8-10-15/h6-10,14,19H,5,11-13H2,1-4H3. The van der Waals surface area contributed by atoms with Crippen molar-refractivity contribution in [2.45, 2.75) is 52.6 Å². The molecule has 0 aromatic heterocycles. The van der Waals surface area contributed by atoms with Crippen LogP contribution in [0.2, 0.25) is 0 Å². The lowest BCUT2D eigenvalue weighted by Crippen LogP contribution is -2.55. The van der Waals surface area contributed by atoms with Gasteiger partial charge in [-0.05, 0) is 36.7 Å². The molecular weight excluding hydrogens is 262 g/mol. The van der Waals surface area contributed by atoms with E-state index in [9.17, 15) is 4.79 Å². The molecule has 0 saturated heterocycles. The normalized spacial score (nSPS) is 27.5. The maximum Gasteiger partial charge on any atom is 0.326 e. The fraction of sp³-hybridized carbons (Fsp3) is 0.611. The Hall–Kier alpha value is -1.35. The van der Waals surface area contributed by atoms with Gasteiger partial charge in [-0.2, -0.15) is 0 Å². The molecule has 1 aliphatic rings. The first-order valence-corrected chi connectivity index (χ1v) is 7.86. The number of carbonyl (C=O) groups excluding carboxylic acids is 1. The Morgan fingerprint density at radius 1 is 1.33 bits per heavy atom. The average molecular weight is 289 g/mol. The van der Waals surface area contributed by atoms with E-state index in [4.69, 9.17) is 4.74 Å². The number of hydrogen-bond acceptors (Lipinski definition) is 3. The molecule has 3 heteroatoms. The van der Waals surface area contributed by atoms with Crippen molar-refractivity contribution in [1.29, 1.82) is 0 Å². The molecule has 0 bridgehead atoms. The van der Waals surface area contributed by atoms with Crippen LogP contribution in [0.25, 0.3) is 0 Å². The van der Waals surface area contributed by atoms with Gasteiger partial charge in [0.15, 0.2) is 0 Å². The smallest absolute Gasteiger partial charge is 0.326 e. The second kappa shape index (κ2) is 6.18. The van der Waals surface area contributed by atoms with Crippen LogP contribution in [-0.4, -0.2) is 18.1 Å². The molecule has 2 unspecified atom stereocenters. The SMILES string of the molecule is CCOC(=O)C1(NCc2ccccc2)CC(C)(C)CC1C. The molecular formula is C18H27NO2. The molecule has 21 heavy (non-hydrogen) atoms. The molecule has 2 rings (SSSR count). The van der Waals surface area contributed by atoms with Gasteiger partial charge in [0.05, 0.1) is 6.61 Å². The summed E-state index contributed by atoms with van der Waals surface area (Å²) in [4.78, 5) is 12.6. The molecule has 3 nitrogen and oxygen atoms in total. The molecule has 0 amide bonds. The zero-order valence-electron chi connectivity index (χ0n) is 13.6. The lowest BCUT2D eigenvalue weighted by Gasteiger charge is -2.33. The van der Waals surface area contributed by atoms with Crippen molar-refractivity contribution in [3.8, 4) is 0 Å². The molecule has 1 aliphatic carbocycles. The number of benzene rings is 1. The summed E-state index contributed by atoms with van der Waals surface area (Å²) in [7, 11) is 0. The molecule has 116 valence electrons. The molecule has 0 radical (unpaired) electrons. The number of hydrogen-bond donors (Lipinski definition) is 1. The third kappa shape index (κ3) is 3.46. The number of carbonyl (C=O) groups is 1. The highest BCUT2D eigenvalue weighted by atomic mass is 16.5. The van der Waals surface area contributed by atoms with Crippen molar-refractivity contribution >= 4 is 5.97 Å². The van der Waals surface area contributed by atoms with Crippen LogP contribution in [0.1, 0.15) is 46.1 Å². The molecule has 1 aromatic carbocycles. The van der Waals surface area contributed by atoms with E-state index in [0.29, 0.717) is 13.2 Å². The number of ether oxygens (including phenoxy) is 1. The van der Waals surface area contributed by atoms with E-state index in [1.165, 1.54) is 5.56 Å². The largest absolute Gasteiger partial charge is 0.465 e. The van der Waals surface area contributed by atoms with Gasteiger partial charge in [0, 0.05) is 6.54 Å². The predicted molar refractivity (Wildman–Crippen MR) is 84.8 cm³/mol. The summed E-state index contributed by atoms with van der Waals surface area (Å²) in [6.45, 7) is 9.61. The van der Waals surface area contributed by atoms with Gasteiger partial charge in [0.2, 0.25) is 0 Å². The van der Waals surface area contributed by atoms with Gasteiger partial charge < -0.3 is 4.74 Å². The number of nitrogens with one attached hydrogen (secondary N) is 1. The van der Waals surface area contributed by atoms with Crippen LogP contribution in [0, 0.1) is 11.3 Å². The minimum atomic E-state index is -0.560. The summed E-state index contributed by atoms with van der Waals surface area (Å²) in [5.74, 6) is 0.175. The topological polar surface area (TPSA) is 38.3 Å². The van der Waals surface area contributed by atoms with Crippen molar-refractivity contribution < 1.29 is 9.53 Å². The Morgan fingerprint density at radius 2 is 2.00 bits per heavy atom. The van der Waals surface area contributed by atoms with E-state index in [1.54, 1.807) is 0 Å². The minimum Gasteiger partial charge on any atom is -0.465 e. The molecule has 1 saturated carbocycles. The van der Waals surface area contributed by atoms with Gasteiger partial charge >= 0.3 is 5.97 Å². The molecule has 1 fully saturated rings. The quantitative estimate of drug-likeness (QED) is 0.843. The van der Waals surface area contributed by atoms with Crippen molar-refractivity contribution in [1.82, 2.24) is 5.32 Å². The Kier molecular flexibility index (Phi) is 4.72. The van der Waals surface area contributed by atoms with Crippen LogP contribution in [0.5, 0.6) is 0 Å². The fourth-order valence-corrected chi connectivity index (χ4v) is 3.70. The highest BCUT2D eigenvalue weighted by Crippen LogP contribution is 2.48. The zero-order chi connectivity index (χ0) is 15.5. The lowest BCUT2D eigenvalue weighted by atomic mass is 9.86. The second-order valence-electron chi connectivity index (χ2n) is 6.98. The van der Waals surface area contributed by atoms with E-state index in [2.05, 4.69) is 38.2 Å². The molecule has 0 heterocycles. The van der Waals surface area contributed by atoms with Crippen LogP contribution in [0.3, 0.4) is 0 Å². The molecule has 1 N–H and O–H groups in total. The van der Waals surface area contributed by atoms with Crippen LogP contribution >= 0.6 is 0 Å². The van der Waals surface area contributed by atoms with E-state index in [1.807, 2.05) is 25.1 Å². The monoisotopic (exact) mass is 289 g/mol. The van der Waals surface area contributed by atoms with Crippen molar-refractivity contribution in [2.24, 2.45) is 11.3 Å². The van der Waals surface area contributed by atoms with Gasteiger partial charge in [0.1, 0.15) is 5.54 Å². The summed E-state index contributed by atoms with van der Waals surface area (Å²) in [6.07, 6.45) is 1.86. The molecule has 1 aromatic rings. The van der Waals surface area contributed by atoms with Crippen molar-refractivity contribution in [3.05, 3.63) is 35.9 Å². The van der Waals surface area contributed by atoms with E-state index < -0.39 is 5.54 Å². The lowest BCUT2D eigenvalue weighted by molar-refractivity contribution is -0.153. The molecule has 0 spiro atoms. The van der Waals surface area contributed by atoms with Crippen LogP contribution in [-0.2, 0) is 16.1 Å². The van der Waals surface area contributed by atoms with Crippen molar-refractivity contribution in [3.63, 3.8) is 0 Å². The summed E-state index contributed by atoms with van der Waals surface area (Å²) >= 11 is 0. The first-order chi connectivity index (χ1) is 9.89. The molecule has 0 aliphatic heterocycles. The van der Waals surface area contributed by atoms with Gasteiger partial charge in [-0.25, -0.2) is 0 Å². The summed E-state index contributed by atoms with van der Waals surface area (Å²) in [5, 5.41) is 3.53. The summed E-state index contributed by atoms with van der Waals surface area (Å²) in [6, 6.07) is 10.2. The maximum atomic E-state index is 12.6. The number of esters is 1. The highest BCUT2D eigenvalue weighted by Gasteiger charge is 2.54. The summed E-state index contributed by atoms with van der Waals surface area (Å²) in [5.41, 5.74) is 0.795. The average Bonchev–Trinajstić information content (AvgIpc) is 2.68. The summed E-state index contributed by atoms with van der Waals surface area (Å²) < 4.78 is 5.38. The van der Waals surface area contributed by atoms with Gasteiger partial charge in [0.25, 0.3) is 0 Å². The Balaban J connectivity index is 2.19. The Labute approximate surface area is 128 Å².